The Morgan fingerprint density at radius 1 is 1.11 bits per heavy atom. The van der Waals surface area contributed by atoms with Gasteiger partial charge in [0.2, 0.25) is 5.88 Å². The Morgan fingerprint density at radius 3 is 2.74 bits per heavy atom. The summed E-state index contributed by atoms with van der Waals surface area (Å²) in [5, 5.41) is 9.23. The Balaban J connectivity index is 1.41. The van der Waals surface area contributed by atoms with E-state index >= 15 is 0 Å². The van der Waals surface area contributed by atoms with E-state index in [0.717, 1.165) is 23.1 Å². The molecule has 1 fully saturated rings. The van der Waals surface area contributed by atoms with Crippen LogP contribution >= 0.6 is 0 Å². The van der Waals surface area contributed by atoms with Crippen molar-refractivity contribution in [3.8, 4) is 5.88 Å². The van der Waals surface area contributed by atoms with Crippen molar-refractivity contribution in [1.29, 1.82) is 0 Å². The summed E-state index contributed by atoms with van der Waals surface area (Å²) in [6.45, 7) is 1.16. The maximum absolute atomic E-state index is 12.8. The standard InChI is InChI=1S/C20H21N5O2/c1-24(2)18-9-10-19(23-22-18)27-15-11-12-25(13-15)20(26)17-8-7-14-5-3-4-6-16(14)21-17/h3-10,15H,11-13H2,1-2H3. The number of hydrogen-bond acceptors (Lipinski definition) is 6. The van der Waals surface area contributed by atoms with Gasteiger partial charge in [-0.05, 0) is 18.2 Å². The number of likely N-dealkylation sites (tertiary alicyclic amines) is 1. The fraction of sp³-hybridized carbons (Fsp3) is 0.300. The van der Waals surface area contributed by atoms with E-state index in [2.05, 4.69) is 15.2 Å². The van der Waals surface area contributed by atoms with Crippen LogP contribution in [-0.2, 0) is 0 Å². The summed E-state index contributed by atoms with van der Waals surface area (Å²) >= 11 is 0. The van der Waals surface area contributed by atoms with Crippen molar-refractivity contribution >= 4 is 22.6 Å². The average Bonchev–Trinajstić information content (AvgIpc) is 3.16. The van der Waals surface area contributed by atoms with E-state index in [0.29, 0.717) is 24.7 Å². The minimum atomic E-state index is -0.0890. The van der Waals surface area contributed by atoms with E-state index in [1.54, 1.807) is 17.0 Å². The molecule has 1 unspecified atom stereocenters. The number of rotatable bonds is 4. The minimum Gasteiger partial charge on any atom is -0.471 e. The zero-order chi connectivity index (χ0) is 18.8. The van der Waals surface area contributed by atoms with Crippen LogP contribution in [0.25, 0.3) is 10.9 Å². The third-order valence-electron chi connectivity index (χ3n) is 4.62. The molecule has 0 bridgehead atoms. The second-order valence-electron chi connectivity index (χ2n) is 6.79. The summed E-state index contributed by atoms with van der Waals surface area (Å²) in [6.07, 6.45) is 0.671. The zero-order valence-electron chi connectivity index (χ0n) is 15.4. The van der Waals surface area contributed by atoms with Gasteiger partial charge in [0.15, 0.2) is 5.82 Å². The highest BCUT2D eigenvalue weighted by atomic mass is 16.5. The van der Waals surface area contributed by atoms with Gasteiger partial charge < -0.3 is 14.5 Å². The molecule has 27 heavy (non-hydrogen) atoms. The Bertz CT molecular complexity index is 958. The molecule has 1 amide bonds. The number of hydrogen-bond donors (Lipinski definition) is 0. The number of pyridine rings is 1. The van der Waals surface area contributed by atoms with E-state index in [1.807, 2.05) is 55.4 Å². The van der Waals surface area contributed by atoms with Crippen molar-refractivity contribution < 1.29 is 9.53 Å². The van der Waals surface area contributed by atoms with Gasteiger partial charge in [-0.1, -0.05) is 24.3 Å². The number of para-hydroxylation sites is 1. The predicted octanol–water partition coefficient (Wildman–Crippen LogP) is 2.38. The first kappa shape index (κ1) is 17.2. The Kier molecular flexibility index (Phi) is 4.58. The van der Waals surface area contributed by atoms with Crippen LogP contribution in [0.2, 0.25) is 0 Å². The first-order valence-corrected chi connectivity index (χ1v) is 8.93. The lowest BCUT2D eigenvalue weighted by molar-refractivity contribution is 0.0765. The predicted molar refractivity (Wildman–Crippen MR) is 103 cm³/mol. The lowest BCUT2D eigenvalue weighted by atomic mass is 10.2. The third kappa shape index (κ3) is 3.67. The number of aromatic nitrogens is 3. The molecule has 0 radical (unpaired) electrons. The molecule has 7 heteroatoms. The van der Waals surface area contributed by atoms with Crippen LogP contribution < -0.4 is 9.64 Å². The topological polar surface area (TPSA) is 71.5 Å². The summed E-state index contributed by atoms with van der Waals surface area (Å²) in [5.74, 6) is 1.18. The summed E-state index contributed by atoms with van der Waals surface area (Å²) in [5.41, 5.74) is 1.29. The number of nitrogens with zero attached hydrogens (tertiary/aromatic N) is 5. The normalized spacial score (nSPS) is 16.5. The van der Waals surface area contributed by atoms with E-state index in [1.165, 1.54) is 0 Å². The van der Waals surface area contributed by atoms with Crippen LogP contribution in [0.5, 0.6) is 5.88 Å². The highest BCUT2D eigenvalue weighted by molar-refractivity contribution is 5.95. The molecule has 1 aliphatic heterocycles. The fourth-order valence-corrected chi connectivity index (χ4v) is 3.14. The van der Waals surface area contributed by atoms with Crippen LogP contribution in [0, 0.1) is 0 Å². The van der Waals surface area contributed by atoms with Crippen LogP contribution in [0.3, 0.4) is 0 Å². The number of carbonyl (C=O) groups is 1. The Morgan fingerprint density at radius 2 is 1.96 bits per heavy atom. The van der Waals surface area contributed by atoms with Crippen molar-refractivity contribution in [2.24, 2.45) is 0 Å². The van der Waals surface area contributed by atoms with Crippen molar-refractivity contribution in [1.82, 2.24) is 20.1 Å². The third-order valence-corrected chi connectivity index (χ3v) is 4.62. The second kappa shape index (κ2) is 7.19. The van der Waals surface area contributed by atoms with Gasteiger partial charge in [0, 0.05) is 38.5 Å². The van der Waals surface area contributed by atoms with Gasteiger partial charge in [0.1, 0.15) is 11.8 Å². The van der Waals surface area contributed by atoms with Gasteiger partial charge in [0.25, 0.3) is 5.91 Å². The van der Waals surface area contributed by atoms with Gasteiger partial charge in [0.05, 0.1) is 12.1 Å². The Labute approximate surface area is 157 Å². The van der Waals surface area contributed by atoms with Crippen molar-refractivity contribution in [3.05, 3.63) is 54.2 Å². The summed E-state index contributed by atoms with van der Waals surface area (Å²) in [7, 11) is 3.82. The molecule has 1 atom stereocenters. The number of ether oxygens (including phenoxy) is 1. The number of anilines is 1. The van der Waals surface area contributed by atoms with Crippen molar-refractivity contribution in [2.75, 3.05) is 32.1 Å². The molecule has 0 spiro atoms. The van der Waals surface area contributed by atoms with Crippen LogP contribution in [0.1, 0.15) is 16.9 Å². The molecule has 4 rings (SSSR count). The average molecular weight is 363 g/mol. The van der Waals surface area contributed by atoms with Gasteiger partial charge in [-0.25, -0.2) is 4.98 Å². The Hall–Kier alpha value is -3.22. The lowest BCUT2D eigenvalue weighted by Gasteiger charge is -2.17. The number of amides is 1. The monoisotopic (exact) mass is 363 g/mol. The van der Waals surface area contributed by atoms with E-state index in [-0.39, 0.29) is 12.0 Å². The molecular formula is C20H21N5O2. The maximum Gasteiger partial charge on any atom is 0.272 e. The molecule has 0 saturated carbocycles. The first-order chi connectivity index (χ1) is 13.1. The van der Waals surface area contributed by atoms with Gasteiger partial charge in [-0.2, -0.15) is 0 Å². The summed E-state index contributed by atoms with van der Waals surface area (Å²) < 4.78 is 5.89. The van der Waals surface area contributed by atoms with E-state index in [4.69, 9.17) is 4.74 Å². The second-order valence-corrected chi connectivity index (χ2v) is 6.79. The molecule has 3 aromatic rings. The molecule has 1 saturated heterocycles. The lowest BCUT2D eigenvalue weighted by Crippen LogP contribution is -2.31. The molecule has 2 aromatic heterocycles. The summed E-state index contributed by atoms with van der Waals surface area (Å²) in [4.78, 5) is 20.9. The zero-order valence-corrected chi connectivity index (χ0v) is 15.4. The molecule has 1 aromatic carbocycles. The van der Waals surface area contributed by atoms with Crippen LogP contribution in [-0.4, -0.2) is 59.3 Å². The highest BCUT2D eigenvalue weighted by Gasteiger charge is 2.29. The number of benzene rings is 1. The maximum atomic E-state index is 12.8. The smallest absolute Gasteiger partial charge is 0.272 e. The summed E-state index contributed by atoms with van der Waals surface area (Å²) in [6, 6.07) is 15.2. The van der Waals surface area contributed by atoms with Gasteiger partial charge in [-0.15, -0.1) is 10.2 Å². The molecular weight excluding hydrogens is 342 g/mol. The molecule has 7 nitrogen and oxygen atoms in total. The first-order valence-electron chi connectivity index (χ1n) is 8.93. The van der Waals surface area contributed by atoms with Crippen molar-refractivity contribution in [3.63, 3.8) is 0 Å². The van der Waals surface area contributed by atoms with Crippen molar-refractivity contribution in [2.45, 2.75) is 12.5 Å². The molecule has 138 valence electrons. The number of carbonyl (C=O) groups excluding carboxylic acids is 1. The minimum absolute atomic E-state index is 0.0686. The molecule has 3 heterocycles. The molecule has 0 N–H and O–H groups in total. The number of fused-ring (bicyclic) bond motifs is 1. The van der Waals surface area contributed by atoms with Crippen LogP contribution in [0.15, 0.2) is 48.5 Å². The molecule has 0 aliphatic carbocycles. The van der Waals surface area contributed by atoms with E-state index < -0.39 is 0 Å². The SMILES string of the molecule is CN(C)c1ccc(OC2CCN(C(=O)c3ccc4ccccc4n3)C2)nn1. The quantitative estimate of drug-likeness (QED) is 0.709. The van der Waals surface area contributed by atoms with Gasteiger partial charge in [-0.3, -0.25) is 4.79 Å². The fourth-order valence-electron chi connectivity index (χ4n) is 3.14. The largest absolute Gasteiger partial charge is 0.471 e. The van der Waals surface area contributed by atoms with E-state index in [9.17, 15) is 4.79 Å². The van der Waals surface area contributed by atoms with Gasteiger partial charge >= 0.3 is 0 Å². The molecule has 1 aliphatic rings. The van der Waals surface area contributed by atoms with Crippen LogP contribution in [0.4, 0.5) is 5.82 Å². The highest BCUT2D eigenvalue weighted by Crippen LogP contribution is 2.20.